The molecule has 1 saturated heterocycles. The van der Waals surface area contributed by atoms with E-state index in [9.17, 15) is 0 Å². The van der Waals surface area contributed by atoms with Crippen molar-refractivity contribution in [2.45, 2.75) is 12.9 Å². The molecule has 0 bridgehead atoms. The molecule has 0 radical (unpaired) electrons. The fraction of sp³-hybridized carbons (Fsp3) is 1.00. The highest BCUT2D eigenvalue weighted by molar-refractivity contribution is 4.70. The van der Waals surface area contributed by atoms with Crippen LogP contribution in [0.2, 0.25) is 0 Å². The van der Waals surface area contributed by atoms with E-state index in [4.69, 9.17) is 10.2 Å². The monoisotopic (exact) mass is 104 g/mol. The lowest BCUT2D eigenvalue weighted by Gasteiger charge is -2.37. The molecular formula is C4H8O3. The lowest BCUT2D eigenvalue weighted by molar-refractivity contribution is -0.432. The fourth-order valence-corrected chi connectivity index (χ4v) is 0.399. The van der Waals surface area contributed by atoms with Crippen LogP contribution in [0.3, 0.4) is 0 Å². The van der Waals surface area contributed by atoms with Crippen molar-refractivity contribution in [1.29, 1.82) is 0 Å². The molecule has 1 atom stereocenters. The summed E-state index contributed by atoms with van der Waals surface area (Å²) in [5, 5.41) is 17.0. The van der Waals surface area contributed by atoms with Gasteiger partial charge in [-0.3, -0.25) is 0 Å². The van der Waals surface area contributed by atoms with Gasteiger partial charge in [0.1, 0.15) is 0 Å². The maximum absolute atomic E-state index is 8.52. The van der Waals surface area contributed by atoms with Gasteiger partial charge in [-0.15, -0.1) is 0 Å². The minimum absolute atomic E-state index is 0.132. The lowest BCUT2D eigenvalue weighted by Crippen LogP contribution is -2.51. The van der Waals surface area contributed by atoms with Crippen LogP contribution in [0.25, 0.3) is 0 Å². The van der Waals surface area contributed by atoms with Crippen LogP contribution in [0.4, 0.5) is 0 Å². The first kappa shape index (κ1) is 5.03. The highest BCUT2D eigenvalue weighted by atomic mass is 16.8. The van der Waals surface area contributed by atoms with Gasteiger partial charge in [-0.05, 0) is 0 Å². The molecule has 0 aromatic carbocycles. The summed E-state index contributed by atoms with van der Waals surface area (Å²) in [7, 11) is 0. The fourth-order valence-electron chi connectivity index (χ4n) is 0.399. The van der Waals surface area contributed by atoms with E-state index in [1.54, 1.807) is 6.92 Å². The second-order valence-corrected chi connectivity index (χ2v) is 1.87. The zero-order valence-electron chi connectivity index (χ0n) is 4.09. The summed E-state index contributed by atoms with van der Waals surface area (Å²) in [5.41, 5.74) is 0. The molecule has 0 aliphatic carbocycles. The van der Waals surface area contributed by atoms with Crippen molar-refractivity contribution in [3.05, 3.63) is 0 Å². The summed E-state index contributed by atoms with van der Waals surface area (Å²) in [5.74, 6) is -1.95. The molecule has 0 aromatic rings. The normalized spacial score (nSPS) is 37.3. The third-order valence-electron chi connectivity index (χ3n) is 1.19. The van der Waals surface area contributed by atoms with E-state index in [0.29, 0.717) is 6.61 Å². The van der Waals surface area contributed by atoms with Gasteiger partial charge in [-0.1, -0.05) is 6.92 Å². The van der Waals surface area contributed by atoms with Crippen LogP contribution in [-0.2, 0) is 4.74 Å². The topological polar surface area (TPSA) is 49.7 Å². The van der Waals surface area contributed by atoms with Crippen LogP contribution in [0, 0.1) is 5.92 Å². The number of aliphatic hydroxyl groups is 2. The number of rotatable bonds is 0. The molecule has 1 heterocycles. The van der Waals surface area contributed by atoms with Crippen LogP contribution in [-0.4, -0.2) is 22.8 Å². The highest BCUT2D eigenvalue weighted by Crippen LogP contribution is 2.25. The zero-order chi connectivity index (χ0) is 5.49. The summed E-state index contributed by atoms with van der Waals surface area (Å²) in [4.78, 5) is 0. The molecule has 1 fully saturated rings. The number of hydrogen-bond donors (Lipinski definition) is 2. The minimum Gasteiger partial charge on any atom is -0.343 e. The van der Waals surface area contributed by atoms with Gasteiger partial charge in [-0.25, -0.2) is 0 Å². The van der Waals surface area contributed by atoms with Gasteiger partial charge < -0.3 is 14.9 Å². The van der Waals surface area contributed by atoms with Crippen LogP contribution < -0.4 is 0 Å². The Labute approximate surface area is 41.5 Å². The first-order valence-corrected chi connectivity index (χ1v) is 2.21. The number of ether oxygens (including phenoxy) is 1. The van der Waals surface area contributed by atoms with Gasteiger partial charge in [0.15, 0.2) is 0 Å². The third-order valence-corrected chi connectivity index (χ3v) is 1.19. The summed E-state index contributed by atoms with van der Waals surface area (Å²) in [6.45, 7) is 2.16. The summed E-state index contributed by atoms with van der Waals surface area (Å²) in [6.07, 6.45) is 0. The smallest absolute Gasteiger partial charge is 0.282 e. The first-order valence-electron chi connectivity index (χ1n) is 2.21. The van der Waals surface area contributed by atoms with Gasteiger partial charge in [0.2, 0.25) is 0 Å². The zero-order valence-corrected chi connectivity index (χ0v) is 4.09. The average molecular weight is 104 g/mol. The van der Waals surface area contributed by atoms with E-state index in [1.807, 2.05) is 0 Å². The van der Waals surface area contributed by atoms with Crippen LogP contribution >= 0.6 is 0 Å². The molecule has 3 nitrogen and oxygen atoms in total. The maximum Gasteiger partial charge on any atom is 0.282 e. The van der Waals surface area contributed by atoms with E-state index in [0.717, 1.165) is 0 Å². The lowest BCUT2D eigenvalue weighted by atomic mass is 10.1. The van der Waals surface area contributed by atoms with Crippen molar-refractivity contribution >= 4 is 0 Å². The van der Waals surface area contributed by atoms with Gasteiger partial charge in [-0.2, -0.15) is 0 Å². The van der Waals surface area contributed by atoms with Gasteiger partial charge in [0.05, 0.1) is 12.5 Å². The minimum atomic E-state index is -1.82. The molecular weight excluding hydrogens is 96.0 g/mol. The summed E-state index contributed by atoms with van der Waals surface area (Å²) < 4.78 is 4.34. The van der Waals surface area contributed by atoms with E-state index < -0.39 is 5.97 Å². The van der Waals surface area contributed by atoms with Gasteiger partial charge >= 0.3 is 0 Å². The van der Waals surface area contributed by atoms with E-state index in [1.165, 1.54) is 0 Å². The average Bonchev–Trinajstić information content (AvgIpc) is 1.63. The van der Waals surface area contributed by atoms with Crippen molar-refractivity contribution < 1.29 is 14.9 Å². The third kappa shape index (κ3) is 0.627. The maximum atomic E-state index is 8.52. The second kappa shape index (κ2) is 1.18. The van der Waals surface area contributed by atoms with Crippen LogP contribution in [0.1, 0.15) is 6.92 Å². The molecule has 42 valence electrons. The van der Waals surface area contributed by atoms with Gasteiger partial charge in [0.25, 0.3) is 5.97 Å². The van der Waals surface area contributed by atoms with Crippen molar-refractivity contribution in [2.24, 2.45) is 5.92 Å². The predicted octanol–water partition coefficient (Wildman–Crippen LogP) is -0.709. The molecule has 0 aromatic heterocycles. The number of hydrogen-bond acceptors (Lipinski definition) is 3. The standard InChI is InChI=1S/C4H8O3/c1-3-2-7-4(3,5)6/h3,5-6H,2H2,1H3. The molecule has 3 heteroatoms. The Bertz CT molecular complexity index is 79.0. The molecule has 1 aliphatic rings. The molecule has 7 heavy (non-hydrogen) atoms. The van der Waals surface area contributed by atoms with Gasteiger partial charge in [0, 0.05) is 0 Å². The van der Waals surface area contributed by atoms with Crippen LogP contribution in [0.15, 0.2) is 0 Å². The largest absolute Gasteiger partial charge is 0.343 e. The first-order chi connectivity index (χ1) is 3.13. The van der Waals surface area contributed by atoms with Crippen molar-refractivity contribution in [2.75, 3.05) is 6.61 Å². The Morgan fingerprint density at radius 1 is 1.71 bits per heavy atom. The Morgan fingerprint density at radius 3 is 2.14 bits per heavy atom. The van der Waals surface area contributed by atoms with Crippen molar-refractivity contribution in [3.63, 3.8) is 0 Å². The molecule has 2 N–H and O–H groups in total. The second-order valence-electron chi connectivity index (χ2n) is 1.87. The Hall–Kier alpha value is -0.120. The van der Waals surface area contributed by atoms with Crippen molar-refractivity contribution in [3.8, 4) is 0 Å². The van der Waals surface area contributed by atoms with E-state index in [-0.39, 0.29) is 5.92 Å². The molecule has 1 aliphatic heterocycles. The summed E-state index contributed by atoms with van der Waals surface area (Å²) >= 11 is 0. The molecule has 0 saturated carbocycles. The molecule has 0 amide bonds. The Morgan fingerprint density at radius 2 is 2.14 bits per heavy atom. The molecule has 0 spiro atoms. The van der Waals surface area contributed by atoms with Crippen molar-refractivity contribution in [1.82, 2.24) is 0 Å². The predicted molar refractivity (Wildman–Crippen MR) is 22.3 cm³/mol. The Kier molecular flexibility index (Phi) is 0.849. The molecule has 1 unspecified atom stereocenters. The van der Waals surface area contributed by atoms with E-state index >= 15 is 0 Å². The quantitative estimate of drug-likeness (QED) is 0.399. The SMILES string of the molecule is CC1COC1(O)O. The Balaban J connectivity index is 2.43. The van der Waals surface area contributed by atoms with E-state index in [2.05, 4.69) is 4.74 Å². The highest BCUT2D eigenvalue weighted by Gasteiger charge is 2.42. The molecule has 1 rings (SSSR count). The van der Waals surface area contributed by atoms with Crippen LogP contribution in [0.5, 0.6) is 0 Å². The summed E-state index contributed by atoms with van der Waals surface area (Å²) in [6, 6.07) is 0.